The van der Waals surface area contributed by atoms with Crippen LogP contribution in [0.1, 0.15) is 15.4 Å². The minimum Gasteiger partial charge on any atom is -0.383 e. The first kappa shape index (κ1) is 15.5. The van der Waals surface area contributed by atoms with E-state index >= 15 is 0 Å². The maximum absolute atomic E-state index is 5.00. The molecular weight excluding hydrogens is 288 g/mol. The Bertz CT molecular complexity index is 511. The molecule has 0 unspecified atom stereocenters. The smallest absolute Gasteiger partial charge is 0.103 e. The quantitative estimate of drug-likeness (QED) is 0.598. The molecule has 0 aliphatic heterocycles. The minimum atomic E-state index is 0.745. The molecule has 0 radical (unpaired) electrons. The summed E-state index contributed by atoms with van der Waals surface area (Å²) in [6, 6.07) is 8.63. The van der Waals surface area contributed by atoms with Gasteiger partial charge in [0.05, 0.1) is 12.4 Å². The molecule has 0 saturated heterocycles. The van der Waals surface area contributed by atoms with Crippen LogP contribution in [-0.4, -0.2) is 25.2 Å². The number of thioether (sulfide) groups is 1. The third-order valence-electron chi connectivity index (χ3n) is 2.77. The van der Waals surface area contributed by atoms with Gasteiger partial charge >= 0.3 is 0 Å². The van der Waals surface area contributed by atoms with Crippen molar-refractivity contribution in [3.63, 3.8) is 0 Å². The van der Waals surface area contributed by atoms with Crippen molar-refractivity contribution in [2.45, 2.75) is 24.1 Å². The van der Waals surface area contributed by atoms with Gasteiger partial charge < -0.3 is 10.1 Å². The summed E-state index contributed by atoms with van der Waals surface area (Å²) >= 11 is 3.61. The molecule has 0 amide bonds. The van der Waals surface area contributed by atoms with Gasteiger partial charge in [0, 0.05) is 36.2 Å². The largest absolute Gasteiger partial charge is 0.383 e. The Kier molecular flexibility index (Phi) is 6.53. The Balaban J connectivity index is 1.76. The van der Waals surface area contributed by atoms with Crippen molar-refractivity contribution >= 4 is 23.1 Å². The van der Waals surface area contributed by atoms with Crippen molar-refractivity contribution in [2.24, 2.45) is 0 Å². The lowest BCUT2D eigenvalue weighted by atomic mass is 10.2. The van der Waals surface area contributed by atoms with E-state index in [2.05, 4.69) is 41.5 Å². The van der Waals surface area contributed by atoms with Gasteiger partial charge in [-0.25, -0.2) is 4.98 Å². The molecule has 0 aliphatic rings. The second-order valence-corrected chi connectivity index (χ2v) is 6.74. The van der Waals surface area contributed by atoms with Crippen LogP contribution in [0.4, 0.5) is 0 Å². The Labute approximate surface area is 128 Å². The minimum absolute atomic E-state index is 0.745. The molecular formula is C15H20N2OS2. The van der Waals surface area contributed by atoms with Crippen LogP contribution in [-0.2, 0) is 17.0 Å². The number of ether oxygens (including phenoxy) is 1. The highest BCUT2D eigenvalue weighted by atomic mass is 32.2. The van der Waals surface area contributed by atoms with E-state index in [9.17, 15) is 0 Å². The van der Waals surface area contributed by atoms with Crippen molar-refractivity contribution in [3.8, 4) is 0 Å². The van der Waals surface area contributed by atoms with Crippen molar-refractivity contribution in [3.05, 3.63) is 45.9 Å². The summed E-state index contributed by atoms with van der Waals surface area (Å²) in [6.45, 7) is 4.60. The van der Waals surface area contributed by atoms with Gasteiger partial charge in [0.15, 0.2) is 0 Å². The van der Waals surface area contributed by atoms with Gasteiger partial charge in [-0.05, 0) is 19.1 Å². The Hall–Kier alpha value is -0.880. The first-order chi connectivity index (χ1) is 9.78. The Morgan fingerprint density at radius 3 is 2.85 bits per heavy atom. The molecule has 3 nitrogen and oxygen atoms in total. The molecule has 0 bridgehead atoms. The van der Waals surface area contributed by atoms with Crippen molar-refractivity contribution in [1.82, 2.24) is 10.3 Å². The number of hydrogen-bond acceptors (Lipinski definition) is 5. The van der Waals surface area contributed by atoms with Crippen LogP contribution in [0.15, 0.2) is 35.4 Å². The Morgan fingerprint density at radius 2 is 2.10 bits per heavy atom. The molecule has 0 fully saturated rings. The van der Waals surface area contributed by atoms with Gasteiger partial charge in [0.1, 0.15) is 5.01 Å². The van der Waals surface area contributed by atoms with Gasteiger partial charge in [0.2, 0.25) is 0 Å². The maximum atomic E-state index is 5.00. The first-order valence-electron chi connectivity index (χ1n) is 6.60. The van der Waals surface area contributed by atoms with E-state index in [0.29, 0.717) is 0 Å². The van der Waals surface area contributed by atoms with Crippen molar-refractivity contribution in [2.75, 3.05) is 20.3 Å². The van der Waals surface area contributed by atoms with E-state index in [4.69, 9.17) is 4.74 Å². The number of aryl methyl sites for hydroxylation is 1. The first-order valence-corrected chi connectivity index (χ1v) is 8.41. The predicted molar refractivity (Wildman–Crippen MR) is 86.4 cm³/mol. The lowest BCUT2D eigenvalue weighted by Crippen LogP contribution is -2.17. The third kappa shape index (κ3) is 5.25. The molecule has 2 rings (SSSR count). The number of methoxy groups -OCH3 is 1. The molecule has 5 heteroatoms. The monoisotopic (exact) mass is 308 g/mol. The molecule has 1 N–H and O–H groups in total. The number of aromatic nitrogens is 1. The van der Waals surface area contributed by atoms with E-state index < -0.39 is 0 Å². The molecule has 1 aromatic heterocycles. The van der Waals surface area contributed by atoms with Crippen molar-refractivity contribution in [1.29, 1.82) is 0 Å². The summed E-state index contributed by atoms with van der Waals surface area (Å²) in [5.41, 5.74) is 1.30. The molecule has 0 aliphatic carbocycles. The average Bonchev–Trinajstić information content (AvgIpc) is 2.91. The van der Waals surface area contributed by atoms with E-state index in [1.807, 2.05) is 18.0 Å². The molecule has 1 heterocycles. The molecule has 1 aromatic carbocycles. The second kappa shape index (κ2) is 8.42. The summed E-state index contributed by atoms with van der Waals surface area (Å²) < 4.78 is 5.00. The number of thiazole rings is 1. The zero-order valence-electron chi connectivity index (χ0n) is 11.9. The zero-order chi connectivity index (χ0) is 14.2. The number of nitrogens with zero attached hydrogens (tertiary/aromatic N) is 1. The SMILES string of the molecule is COCCNCc1cnc(CSc2ccc(C)cc2)s1. The topological polar surface area (TPSA) is 34.1 Å². The fourth-order valence-corrected chi connectivity index (χ4v) is 3.46. The molecule has 20 heavy (non-hydrogen) atoms. The standard InChI is InChI=1S/C15H20N2OS2/c1-12-3-5-13(6-4-12)19-11-15-17-10-14(20-15)9-16-7-8-18-2/h3-6,10,16H,7-9,11H2,1-2H3. The van der Waals surface area contributed by atoms with Crippen LogP contribution in [0.5, 0.6) is 0 Å². The van der Waals surface area contributed by atoms with E-state index in [1.54, 1.807) is 18.4 Å². The van der Waals surface area contributed by atoms with E-state index in [-0.39, 0.29) is 0 Å². The maximum Gasteiger partial charge on any atom is 0.103 e. The highest BCUT2D eigenvalue weighted by molar-refractivity contribution is 7.98. The third-order valence-corrected chi connectivity index (χ3v) is 4.97. The number of benzene rings is 1. The van der Waals surface area contributed by atoms with Crippen LogP contribution in [0, 0.1) is 6.92 Å². The van der Waals surface area contributed by atoms with Crippen LogP contribution >= 0.6 is 23.1 Å². The van der Waals surface area contributed by atoms with Crippen LogP contribution in [0.25, 0.3) is 0 Å². The summed E-state index contributed by atoms with van der Waals surface area (Å²) in [7, 11) is 1.72. The van der Waals surface area contributed by atoms with E-state index in [0.717, 1.165) is 25.4 Å². The molecule has 108 valence electrons. The van der Waals surface area contributed by atoms with Gasteiger partial charge in [0.25, 0.3) is 0 Å². The van der Waals surface area contributed by atoms with Crippen LogP contribution in [0.2, 0.25) is 0 Å². The van der Waals surface area contributed by atoms with E-state index in [1.165, 1.54) is 20.3 Å². The summed E-state index contributed by atoms with van der Waals surface area (Å²) in [4.78, 5) is 7.05. The number of nitrogens with one attached hydrogen (secondary N) is 1. The Morgan fingerprint density at radius 1 is 1.30 bits per heavy atom. The van der Waals surface area contributed by atoms with Gasteiger partial charge in [-0.15, -0.1) is 23.1 Å². The van der Waals surface area contributed by atoms with Gasteiger partial charge in [-0.1, -0.05) is 17.7 Å². The average molecular weight is 308 g/mol. The fourth-order valence-electron chi connectivity index (χ4n) is 1.66. The second-order valence-electron chi connectivity index (χ2n) is 4.49. The fraction of sp³-hybridized carbons (Fsp3) is 0.400. The molecule has 0 atom stereocenters. The normalized spacial score (nSPS) is 10.9. The number of hydrogen-bond donors (Lipinski definition) is 1. The lowest BCUT2D eigenvalue weighted by molar-refractivity contribution is 0.199. The highest BCUT2D eigenvalue weighted by Crippen LogP contribution is 2.25. The van der Waals surface area contributed by atoms with Gasteiger partial charge in [-0.3, -0.25) is 0 Å². The van der Waals surface area contributed by atoms with Crippen LogP contribution < -0.4 is 5.32 Å². The summed E-state index contributed by atoms with van der Waals surface area (Å²) in [6.07, 6.45) is 1.97. The lowest BCUT2D eigenvalue weighted by Gasteiger charge is -2.01. The summed E-state index contributed by atoms with van der Waals surface area (Å²) in [5, 5.41) is 4.51. The zero-order valence-corrected chi connectivity index (χ0v) is 13.5. The highest BCUT2D eigenvalue weighted by Gasteiger charge is 2.03. The molecule has 0 spiro atoms. The number of rotatable bonds is 8. The molecule has 0 saturated carbocycles. The summed E-state index contributed by atoms with van der Waals surface area (Å²) in [5.74, 6) is 0.936. The van der Waals surface area contributed by atoms with Crippen molar-refractivity contribution < 1.29 is 4.74 Å². The molecule has 2 aromatic rings. The predicted octanol–water partition coefficient (Wildman–Crippen LogP) is 3.48. The van der Waals surface area contributed by atoms with Crippen LogP contribution in [0.3, 0.4) is 0 Å². The van der Waals surface area contributed by atoms with Gasteiger partial charge in [-0.2, -0.15) is 0 Å².